The summed E-state index contributed by atoms with van der Waals surface area (Å²) in [6.45, 7) is 0.683. The van der Waals surface area contributed by atoms with Crippen LogP contribution >= 0.6 is 0 Å². The molecule has 1 saturated heterocycles. The van der Waals surface area contributed by atoms with E-state index in [0.717, 1.165) is 37.1 Å². The molecule has 6 nitrogen and oxygen atoms in total. The van der Waals surface area contributed by atoms with E-state index in [-0.39, 0.29) is 24.5 Å². The third kappa shape index (κ3) is 2.86. The Bertz CT molecular complexity index is 687. The van der Waals surface area contributed by atoms with Gasteiger partial charge in [-0.1, -0.05) is 12.1 Å². The van der Waals surface area contributed by atoms with Crippen LogP contribution in [0.4, 0.5) is 4.39 Å². The van der Waals surface area contributed by atoms with Gasteiger partial charge in [0.05, 0.1) is 18.7 Å². The minimum absolute atomic E-state index is 0.0626. The molecule has 0 unspecified atom stereocenters. The third-order valence-electron chi connectivity index (χ3n) is 4.82. The van der Waals surface area contributed by atoms with Gasteiger partial charge in [-0.3, -0.25) is 4.90 Å². The molecule has 1 aliphatic carbocycles. The lowest BCUT2D eigenvalue weighted by molar-refractivity contribution is 0.117. The van der Waals surface area contributed by atoms with Crippen LogP contribution in [-0.2, 0) is 6.54 Å². The van der Waals surface area contributed by atoms with Crippen molar-refractivity contribution in [2.75, 3.05) is 6.61 Å². The zero-order chi connectivity index (χ0) is 15.8. The van der Waals surface area contributed by atoms with Crippen molar-refractivity contribution in [3.8, 4) is 0 Å². The van der Waals surface area contributed by atoms with E-state index in [0.29, 0.717) is 12.6 Å². The maximum atomic E-state index is 13.5. The molecule has 0 bridgehead atoms. The summed E-state index contributed by atoms with van der Waals surface area (Å²) in [4.78, 5) is 2.21. The van der Waals surface area contributed by atoms with Gasteiger partial charge in [0.15, 0.2) is 5.82 Å². The zero-order valence-electron chi connectivity index (χ0n) is 12.8. The van der Waals surface area contributed by atoms with Gasteiger partial charge in [-0.05, 0) is 53.8 Å². The van der Waals surface area contributed by atoms with E-state index >= 15 is 0 Å². The molecule has 2 aliphatic rings. The smallest absolute Gasteiger partial charge is 0.168 e. The topological polar surface area (TPSA) is 67.1 Å². The second-order valence-electron chi connectivity index (χ2n) is 6.44. The first kappa shape index (κ1) is 14.7. The highest BCUT2D eigenvalue weighted by atomic mass is 19.1. The molecule has 4 rings (SSSR count). The van der Waals surface area contributed by atoms with E-state index < -0.39 is 0 Å². The number of aliphatic hydroxyl groups excluding tert-OH is 1. The number of hydrogen-bond acceptors (Lipinski definition) is 5. The number of nitrogens with zero attached hydrogens (tertiary/aromatic N) is 5. The highest BCUT2D eigenvalue weighted by Gasteiger charge is 2.39. The average molecular weight is 317 g/mol. The molecule has 2 fully saturated rings. The summed E-state index contributed by atoms with van der Waals surface area (Å²) in [5.41, 5.74) is 0.904. The Morgan fingerprint density at radius 1 is 1.22 bits per heavy atom. The van der Waals surface area contributed by atoms with Gasteiger partial charge in [0.1, 0.15) is 5.82 Å². The fourth-order valence-corrected chi connectivity index (χ4v) is 3.49. The van der Waals surface area contributed by atoms with Gasteiger partial charge < -0.3 is 5.11 Å². The van der Waals surface area contributed by atoms with Crippen LogP contribution in [-0.4, -0.2) is 42.9 Å². The number of benzene rings is 1. The molecular formula is C16H20FN5O. The van der Waals surface area contributed by atoms with Crippen molar-refractivity contribution in [3.05, 3.63) is 41.5 Å². The number of tetrazole rings is 1. The molecule has 1 aromatic heterocycles. The molecule has 2 aromatic rings. The van der Waals surface area contributed by atoms with Crippen LogP contribution in [0.25, 0.3) is 0 Å². The number of aliphatic hydroxyl groups is 1. The maximum absolute atomic E-state index is 13.5. The zero-order valence-corrected chi connectivity index (χ0v) is 12.8. The van der Waals surface area contributed by atoms with Gasteiger partial charge in [-0.15, -0.1) is 5.10 Å². The van der Waals surface area contributed by atoms with Crippen LogP contribution in [0.5, 0.6) is 0 Å². The first-order valence-electron chi connectivity index (χ1n) is 8.15. The second kappa shape index (κ2) is 5.98. The molecule has 7 heteroatoms. The first-order valence-corrected chi connectivity index (χ1v) is 8.15. The van der Waals surface area contributed by atoms with Gasteiger partial charge in [0.25, 0.3) is 0 Å². The lowest BCUT2D eigenvalue weighted by atomic mass is 10.1. The van der Waals surface area contributed by atoms with Gasteiger partial charge in [-0.25, -0.2) is 9.07 Å². The number of aromatic nitrogens is 4. The van der Waals surface area contributed by atoms with Crippen molar-refractivity contribution in [2.24, 2.45) is 0 Å². The fraction of sp³-hybridized carbons (Fsp3) is 0.562. The molecule has 0 radical (unpaired) electrons. The van der Waals surface area contributed by atoms with Crippen LogP contribution in [0.3, 0.4) is 0 Å². The maximum Gasteiger partial charge on any atom is 0.168 e. The van der Waals surface area contributed by atoms with E-state index in [1.54, 1.807) is 12.1 Å². The van der Waals surface area contributed by atoms with E-state index in [1.807, 2.05) is 10.7 Å². The Morgan fingerprint density at radius 2 is 2.09 bits per heavy atom. The van der Waals surface area contributed by atoms with Crippen LogP contribution in [0.15, 0.2) is 24.3 Å². The van der Waals surface area contributed by atoms with E-state index in [4.69, 9.17) is 0 Å². The minimum Gasteiger partial charge on any atom is -0.395 e. The molecule has 23 heavy (non-hydrogen) atoms. The van der Waals surface area contributed by atoms with Crippen molar-refractivity contribution < 1.29 is 9.50 Å². The Kier molecular flexibility index (Phi) is 3.82. The molecule has 1 N–H and O–H groups in total. The van der Waals surface area contributed by atoms with Crippen LogP contribution in [0.2, 0.25) is 0 Å². The first-order chi connectivity index (χ1) is 11.3. The van der Waals surface area contributed by atoms with Gasteiger partial charge >= 0.3 is 0 Å². The Hall–Kier alpha value is -1.86. The van der Waals surface area contributed by atoms with Crippen LogP contribution in [0.1, 0.15) is 49.2 Å². The van der Waals surface area contributed by atoms with Gasteiger partial charge in [-0.2, -0.15) is 0 Å². The summed E-state index contributed by atoms with van der Waals surface area (Å²) in [5, 5.41) is 21.9. The molecule has 2 atom stereocenters. The molecule has 0 amide bonds. The van der Waals surface area contributed by atoms with Crippen molar-refractivity contribution in [1.82, 2.24) is 25.1 Å². The molecule has 122 valence electrons. The summed E-state index contributed by atoms with van der Waals surface area (Å²) in [6, 6.07) is 7.19. The molecule has 1 aromatic carbocycles. The quantitative estimate of drug-likeness (QED) is 0.911. The lowest BCUT2D eigenvalue weighted by Gasteiger charge is -2.28. The van der Waals surface area contributed by atoms with Crippen molar-refractivity contribution >= 4 is 0 Å². The van der Waals surface area contributed by atoms with E-state index in [1.165, 1.54) is 6.07 Å². The summed E-state index contributed by atoms with van der Waals surface area (Å²) in [6.07, 6.45) is 4.05. The van der Waals surface area contributed by atoms with Crippen molar-refractivity contribution in [3.63, 3.8) is 0 Å². The minimum atomic E-state index is -0.235. The summed E-state index contributed by atoms with van der Waals surface area (Å²) < 4.78 is 15.4. The fourth-order valence-electron chi connectivity index (χ4n) is 3.49. The monoisotopic (exact) mass is 317 g/mol. The largest absolute Gasteiger partial charge is 0.395 e. The summed E-state index contributed by atoms with van der Waals surface area (Å²) in [7, 11) is 0. The highest BCUT2D eigenvalue weighted by Crippen LogP contribution is 2.40. The third-order valence-corrected chi connectivity index (χ3v) is 4.82. The normalized spacial score (nSPS) is 25.1. The number of rotatable bonds is 5. The van der Waals surface area contributed by atoms with E-state index in [2.05, 4.69) is 20.4 Å². The average Bonchev–Trinajstić information content (AvgIpc) is 3.14. The molecule has 1 saturated carbocycles. The summed E-state index contributed by atoms with van der Waals surface area (Å²) in [5.74, 6) is 0.640. The molecule has 0 spiro atoms. The van der Waals surface area contributed by atoms with Crippen LogP contribution in [0, 0.1) is 5.82 Å². The predicted molar refractivity (Wildman–Crippen MR) is 80.9 cm³/mol. The molecule has 1 aliphatic heterocycles. The van der Waals surface area contributed by atoms with Crippen LogP contribution < -0.4 is 0 Å². The number of halogens is 1. The van der Waals surface area contributed by atoms with Gasteiger partial charge in [0.2, 0.25) is 0 Å². The van der Waals surface area contributed by atoms with Crippen molar-refractivity contribution in [1.29, 1.82) is 0 Å². The molecular weight excluding hydrogens is 297 g/mol. The highest BCUT2D eigenvalue weighted by molar-refractivity contribution is 5.17. The predicted octanol–water partition coefficient (Wildman–Crippen LogP) is 1.85. The Balaban J connectivity index is 1.61. The SMILES string of the molecule is OC[C@@H]1CC[C@H](c2nnnn2C2CC2)N1Cc1cccc(F)c1. The molecule has 2 heterocycles. The second-order valence-corrected chi connectivity index (χ2v) is 6.44. The van der Waals surface area contributed by atoms with Gasteiger partial charge in [0, 0.05) is 12.6 Å². The Morgan fingerprint density at radius 3 is 2.83 bits per heavy atom. The van der Waals surface area contributed by atoms with Crippen molar-refractivity contribution in [2.45, 2.75) is 50.4 Å². The number of likely N-dealkylation sites (tertiary alicyclic amines) is 1. The summed E-state index contributed by atoms with van der Waals surface area (Å²) >= 11 is 0. The van der Waals surface area contributed by atoms with E-state index in [9.17, 15) is 9.50 Å². The number of hydrogen-bond donors (Lipinski definition) is 1. The standard InChI is InChI=1S/C16H20FN5O/c17-12-3-1-2-11(8-12)9-21-14(10-23)6-7-15(21)16-18-19-20-22(16)13-4-5-13/h1-3,8,13-15,23H,4-7,9-10H2/t14-,15+/m0/s1. The lowest BCUT2D eigenvalue weighted by Crippen LogP contribution is -2.34. The Labute approximate surface area is 133 Å².